The summed E-state index contributed by atoms with van der Waals surface area (Å²) in [4.78, 5) is 11.8. The van der Waals surface area contributed by atoms with Gasteiger partial charge >= 0.3 is 0 Å². The Morgan fingerprint density at radius 1 is 0.920 bits per heavy atom. The predicted octanol–water partition coefficient (Wildman–Crippen LogP) is 3.36. The minimum absolute atomic E-state index is 0.0520. The minimum atomic E-state index is -0.0520. The van der Waals surface area contributed by atoms with E-state index in [9.17, 15) is 4.79 Å². The third-order valence-electron chi connectivity index (χ3n) is 3.51. The highest BCUT2D eigenvalue weighted by Gasteiger charge is 2.03. The highest BCUT2D eigenvalue weighted by Crippen LogP contribution is 2.17. The van der Waals surface area contributed by atoms with Crippen LogP contribution in [0.5, 0.6) is 17.2 Å². The summed E-state index contributed by atoms with van der Waals surface area (Å²) >= 11 is 0. The molecule has 1 N–H and O–H groups in total. The predicted molar refractivity (Wildman–Crippen MR) is 97.4 cm³/mol. The van der Waals surface area contributed by atoms with E-state index < -0.39 is 0 Å². The summed E-state index contributed by atoms with van der Waals surface area (Å²) in [6, 6.07) is 15.2. The van der Waals surface area contributed by atoms with E-state index in [1.165, 1.54) is 0 Å². The summed E-state index contributed by atoms with van der Waals surface area (Å²) in [6.45, 7) is 5.79. The summed E-state index contributed by atoms with van der Waals surface area (Å²) < 4.78 is 16.6. The van der Waals surface area contributed by atoms with Crippen LogP contribution in [0.25, 0.3) is 0 Å². The Kier molecular flexibility index (Phi) is 7.63. The molecule has 25 heavy (non-hydrogen) atoms. The quantitative estimate of drug-likeness (QED) is 0.672. The molecule has 0 aromatic heterocycles. The summed E-state index contributed by atoms with van der Waals surface area (Å²) in [5.74, 6) is 2.33. The van der Waals surface area contributed by atoms with Gasteiger partial charge in [0.25, 0.3) is 0 Å². The Bertz CT molecular complexity index is 655. The van der Waals surface area contributed by atoms with Gasteiger partial charge in [0.2, 0.25) is 5.91 Å². The van der Waals surface area contributed by atoms with Gasteiger partial charge < -0.3 is 19.5 Å². The zero-order valence-corrected chi connectivity index (χ0v) is 14.8. The number of hydrogen-bond donors (Lipinski definition) is 1. The molecule has 5 nitrogen and oxygen atoms in total. The molecule has 0 spiro atoms. The zero-order valence-electron chi connectivity index (χ0n) is 14.8. The molecule has 0 fully saturated rings. The molecule has 2 aromatic rings. The SMILES string of the molecule is CCOc1ccc(OCCNC(=O)CCOc2ccccc2C)cc1. The Hall–Kier alpha value is -2.69. The number of amides is 1. The lowest BCUT2D eigenvalue weighted by atomic mass is 10.2. The normalized spacial score (nSPS) is 10.2. The number of carbonyl (C=O) groups is 1. The molecule has 0 saturated heterocycles. The van der Waals surface area contributed by atoms with Crippen molar-refractivity contribution in [3.8, 4) is 17.2 Å². The van der Waals surface area contributed by atoms with Crippen LogP contribution in [0.15, 0.2) is 48.5 Å². The Balaban J connectivity index is 1.58. The van der Waals surface area contributed by atoms with Crippen molar-refractivity contribution in [1.29, 1.82) is 0 Å². The lowest BCUT2D eigenvalue weighted by Crippen LogP contribution is -2.29. The summed E-state index contributed by atoms with van der Waals surface area (Å²) in [7, 11) is 0. The van der Waals surface area contributed by atoms with Crippen molar-refractivity contribution in [3.05, 3.63) is 54.1 Å². The molecule has 2 aromatic carbocycles. The second-order valence-electron chi connectivity index (χ2n) is 5.47. The van der Waals surface area contributed by atoms with E-state index in [1.807, 2.05) is 62.4 Å². The smallest absolute Gasteiger partial charge is 0.223 e. The molecule has 0 bridgehead atoms. The minimum Gasteiger partial charge on any atom is -0.494 e. The monoisotopic (exact) mass is 343 g/mol. The van der Waals surface area contributed by atoms with Crippen molar-refractivity contribution in [3.63, 3.8) is 0 Å². The van der Waals surface area contributed by atoms with Gasteiger partial charge in [-0.25, -0.2) is 0 Å². The van der Waals surface area contributed by atoms with Crippen LogP contribution in [-0.2, 0) is 4.79 Å². The molecule has 0 radical (unpaired) electrons. The van der Waals surface area contributed by atoms with E-state index in [0.717, 1.165) is 22.8 Å². The molecule has 0 atom stereocenters. The van der Waals surface area contributed by atoms with Gasteiger partial charge in [0.05, 0.1) is 26.2 Å². The molecular formula is C20H25NO4. The number of aryl methyl sites for hydroxylation is 1. The lowest BCUT2D eigenvalue weighted by molar-refractivity contribution is -0.121. The van der Waals surface area contributed by atoms with Gasteiger partial charge in [-0.15, -0.1) is 0 Å². The maximum Gasteiger partial charge on any atom is 0.223 e. The summed E-state index contributed by atoms with van der Waals surface area (Å²) in [6.07, 6.45) is 0.317. The van der Waals surface area contributed by atoms with Gasteiger partial charge in [-0.1, -0.05) is 18.2 Å². The van der Waals surface area contributed by atoms with Crippen LogP contribution in [0.3, 0.4) is 0 Å². The first-order valence-electron chi connectivity index (χ1n) is 8.50. The fourth-order valence-electron chi connectivity index (χ4n) is 2.22. The molecule has 0 saturated carbocycles. The van der Waals surface area contributed by atoms with Crippen LogP contribution in [0.2, 0.25) is 0 Å². The maximum absolute atomic E-state index is 11.8. The van der Waals surface area contributed by atoms with Gasteiger partial charge in [-0.3, -0.25) is 4.79 Å². The third-order valence-corrected chi connectivity index (χ3v) is 3.51. The van der Waals surface area contributed by atoms with Crippen molar-refractivity contribution in [2.24, 2.45) is 0 Å². The van der Waals surface area contributed by atoms with Crippen LogP contribution >= 0.6 is 0 Å². The Labute approximate surface area is 148 Å². The van der Waals surface area contributed by atoms with Gasteiger partial charge in [0.1, 0.15) is 23.9 Å². The average Bonchev–Trinajstić information content (AvgIpc) is 2.62. The second kappa shape index (κ2) is 10.2. The Morgan fingerprint density at radius 2 is 1.60 bits per heavy atom. The van der Waals surface area contributed by atoms with Crippen LogP contribution in [0, 0.1) is 6.92 Å². The topological polar surface area (TPSA) is 56.8 Å². The van der Waals surface area contributed by atoms with E-state index in [-0.39, 0.29) is 5.91 Å². The molecule has 0 unspecified atom stereocenters. The molecule has 0 aliphatic rings. The standard InChI is InChI=1S/C20H25NO4/c1-3-23-17-8-10-18(11-9-17)24-15-13-21-20(22)12-14-25-19-7-5-4-6-16(19)2/h4-11H,3,12-15H2,1-2H3,(H,21,22). The number of rotatable bonds is 10. The Morgan fingerprint density at radius 3 is 2.28 bits per heavy atom. The van der Waals surface area contributed by atoms with Crippen molar-refractivity contribution in [2.45, 2.75) is 20.3 Å². The maximum atomic E-state index is 11.8. The van der Waals surface area contributed by atoms with E-state index in [2.05, 4.69) is 5.32 Å². The van der Waals surface area contributed by atoms with E-state index in [1.54, 1.807) is 0 Å². The fraction of sp³-hybridized carbons (Fsp3) is 0.350. The molecule has 0 heterocycles. The lowest BCUT2D eigenvalue weighted by Gasteiger charge is -2.10. The van der Waals surface area contributed by atoms with Gasteiger partial charge in [0, 0.05) is 0 Å². The molecule has 2 rings (SSSR count). The first-order valence-corrected chi connectivity index (χ1v) is 8.50. The molecule has 134 valence electrons. The summed E-state index contributed by atoms with van der Waals surface area (Å²) in [5.41, 5.74) is 1.06. The first kappa shape index (κ1) is 18.6. The number of benzene rings is 2. The molecular weight excluding hydrogens is 318 g/mol. The fourth-order valence-corrected chi connectivity index (χ4v) is 2.22. The van der Waals surface area contributed by atoms with Crippen LogP contribution < -0.4 is 19.5 Å². The number of para-hydroxylation sites is 1. The first-order chi connectivity index (χ1) is 12.2. The molecule has 1 amide bonds. The highest BCUT2D eigenvalue weighted by molar-refractivity contribution is 5.75. The number of hydrogen-bond acceptors (Lipinski definition) is 4. The number of carbonyl (C=O) groups excluding carboxylic acids is 1. The zero-order chi connectivity index (χ0) is 17.9. The largest absolute Gasteiger partial charge is 0.494 e. The number of ether oxygens (including phenoxy) is 3. The van der Waals surface area contributed by atoms with E-state index >= 15 is 0 Å². The van der Waals surface area contributed by atoms with E-state index in [0.29, 0.717) is 32.8 Å². The van der Waals surface area contributed by atoms with Crippen molar-refractivity contribution < 1.29 is 19.0 Å². The average molecular weight is 343 g/mol. The number of nitrogens with one attached hydrogen (secondary N) is 1. The highest BCUT2D eigenvalue weighted by atomic mass is 16.5. The third kappa shape index (κ3) is 6.75. The molecule has 5 heteroatoms. The van der Waals surface area contributed by atoms with Crippen molar-refractivity contribution >= 4 is 5.91 Å². The molecule has 0 aliphatic carbocycles. The van der Waals surface area contributed by atoms with Gasteiger partial charge in [0.15, 0.2) is 0 Å². The van der Waals surface area contributed by atoms with Gasteiger partial charge in [-0.2, -0.15) is 0 Å². The second-order valence-corrected chi connectivity index (χ2v) is 5.47. The van der Waals surface area contributed by atoms with Crippen LogP contribution in [0.1, 0.15) is 18.9 Å². The molecule has 0 aliphatic heterocycles. The van der Waals surface area contributed by atoms with E-state index in [4.69, 9.17) is 14.2 Å². The van der Waals surface area contributed by atoms with Crippen molar-refractivity contribution in [1.82, 2.24) is 5.32 Å². The van der Waals surface area contributed by atoms with Crippen molar-refractivity contribution in [2.75, 3.05) is 26.4 Å². The van der Waals surface area contributed by atoms with Crippen LogP contribution in [-0.4, -0.2) is 32.3 Å². The van der Waals surface area contributed by atoms with Gasteiger partial charge in [-0.05, 0) is 49.7 Å². The summed E-state index contributed by atoms with van der Waals surface area (Å²) in [5, 5.41) is 2.82. The van der Waals surface area contributed by atoms with Crippen LogP contribution in [0.4, 0.5) is 0 Å².